The Morgan fingerprint density at radius 1 is 1.33 bits per heavy atom. The van der Waals surface area contributed by atoms with E-state index in [0.717, 1.165) is 14.5 Å². The molecule has 1 N–H and O–H groups in total. The van der Waals surface area contributed by atoms with Gasteiger partial charge in [-0.05, 0) is 29.9 Å². The summed E-state index contributed by atoms with van der Waals surface area (Å²) in [6.07, 6.45) is 0.315. The predicted molar refractivity (Wildman–Crippen MR) is 84.7 cm³/mol. The molecule has 0 saturated carbocycles. The Balaban J connectivity index is 2.26. The highest BCUT2D eigenvalue weighted by atomic mass is 35.5. The summed E-state index contributed by atoms with van der Waals surface area (Å²) < 4.78 is 1.79. The van der Waals surface area contributed by atoms with Gasteiger partial charge in [-0.1, -0.05) is 32.0 Å². The summed E-state index contributed by atoms with van der Waals surface area (Å²) in [6.45, 7) is 3.79. The van der Waals surface area contributed by atoms with Crippen molar-refractivity contribution < 1.29 is 14.7 Å². The van der Waals surface area contributed by atoms with Gasteiger partial charge in [-0.3, -0.25) is 4.79 Å². The van der Waals surface area contributed by atoms with Crippen molar-refractivity contribution in [1.82, 2.24) is 4.42 Å². The molecule has 1 aromatic carbocycles. The number of amides is 1. The molecule has 1 aromatic heterocycles. The third-order valence-electron chi connectivity index (χ3n) is 3.08. The maximum atomic E-state index is 12.4. The topological polar surface area (TPSA) is 57.6 Å². The van der Waals surface area contributed by atoms with Crippen molar-refractivity contribution in [3.8, 4) is 0 Å². The van der Waals surface area contributed by atoms with Crippen LogP contribution in [0.1, 0.15) is 29.9 Å². The number of nitrogens with zero attached hydrogens (tertiary/aromatic N) is 1. The van der Waals surface area contributed by atoms with Crippen LogP contribution >= 0.6 is 23.1 Å². The number of fused-ring (bicyclic) bond motifs is 1. The van der Waals surface area contributed by atoms with Crippen molar-refractivity contribution in [2.45, 2.75) is 26.3 Å². The van der Waals surface area contributed by atoms with Crippen molar-refractivity contribution in [1.29, 1.82) is 0 Å². The maximum Gasteiger partial charge on any atom is 0.327 e. The predicted octanol–water partition coefficient (Wildman–Crippen LogP) is 4.00. The average Bonchev–Trinajstić information content (AvgIpc) is 2.86. The first-order chi connectivity index (χ1) is 9.90. The van der Waals surface area contributed by atoms with Gasteiger partial charge < -0.3 is 5.11 Å². The second kappa shape index (κ2) is 6.45. The Bertz CT molecular complexity index is 635. The maximum absolute atomic E-state index is 12.4. The lowest BCUT2D eigenvalue weighted by atomic mass is 10.0. The molecule has 4 nitrogen and oxygen atoms in total. The number of thiophene rings is 1. The van der Waals surface area contributed by atoms with Crippen molar-refractivity contribution in [3.05, 3.63) is 35.2 Å². The molecule has 0 aliphatic heterocycles. The summed E-state index contributed by atoms with van der Waals surface area (Å²) in [7, 11) is 0. The number of hydrogen-bond acceptors (Lipinski definition) is 3. The van der Waals surface area contributed by atoms with E-state index in [0.29, 0.717) is 11.3 Å². The standard InChI is InChI=1S/C15H16ClNO3S/c1-9(2)7-11(15(19)20)17(16)14(18)13-8-10-5-3-4-6-12(10)21-13/h3-6,8-9,11H,7H2,1-2H3,(H,19,20)/t11-/m0/s1. The van der Waals surface area contributed by atoms with Crippen LogP contribution in [0.15, 0.2) is 30.3 Å². The van der Waals surface area contributed by atoms with Gasteiger partial charge in [0.25, 0.3) is 5.91 Å². The number of carbonyl (C=O) groups is 2. The van der Waals surface area contributed by atoms with Crippen LogP contribution in [0.4, 0.5) is 0 Å². The number of carboxylic acids is 1. The van der Waals surface area contributed by atoms with E-state index in [1.54, 1.807) is 6.07 Å². The molecule has 0 aliphatic rings. The number of carbonyl (C=O) groups excluding carboxylic acids is 1. The Hall–Kier alpha value is -1.59. The quantitative estimate of drug-likeness (QED) is 0.845. The van der Waals surface area contributed by atoms with Crippen LogP contribution in [0.2, 0.25) is 0 Å². The second-order valence-electron chi connectivity index (χ2n) is 5.25. The third kappa shape index (κ3) is 3.54. The second-order valence-corrected chi connectivity index (χ2v) is 6.70. The van der Waals surface area contributed by atoms with E-state index in [2.05, 4.69) is 0 Å². The zero-order chi connectivity index (χ0) is 15.6. The molecule has 112 valence electrons. The van der Waals surface area contributed by atoms with Crippen LogP contribution in [0.5, 0.6) is 0 Å². The number of aliphatic carboxylic acids is 1. The minimum absolute atomic E-state index is 0.127. The molecule has 21 heavy (non-hydrogen) atoms. The average molecular weight is 326 g/mol. The van der Waals surface area contributed by atoms with Crippen molar-refractivity contribution in [2.75, 3.05) is 0 Å². The zero-order valence-corrected chi connectivity index (χ0v) is 13.3. The summed E-state index contributed by atoms with van der Waals surface area (Å²) in [5, 5.41) is 10.2. The fourth-order valence-corrected chi connectivity index (χ4v) is 3.38. The third-order valence-corrected chi connectivity index (χ3v) is 4.58. The zero-order valence-electron chi connectivity index (χ0n) is 11.7. The smallest absolute Gasteiger partial charge is 0.327 e. The Morgan fingerprint density at radius 2 is 2.00 bits per heavy atom. The Kier molecular flexibility index (Phi) is 4.85. The van der Waals surface area contributed by atoms with Gasteiger partial charge in [0.05, 0.1) is 4.88 Å². The lowest BCUT2D eigenvalue weighted by Crippen LogP contribution is -2.39. The molecule has 0 unspecified atom stereocenters. The highest BCUT2D eigenvalue weighted by Gasteiger charge is 2.30. The lowest BCUT2D eigenvalue weighted by molar-refractivity contribution is -0.141. The molecule has 0 radical (unpaired) electrons. The molecule has 6 heteroatoms. The van der Waals surface area contributed by atoms with E-state index < -0.39 is 17.9 Å². The van der Waals surface area contributed by atoms with Crippen molar-refractivity contribution in [2.24, 2.45) is 5.92 Å². The van der Waals surface area contributed by atoms with Gasteiger partial charge in [0.15, 0.2) is 0 Å². The molecule has 0 saturated heterocycles. The molecule has 0 bridgehead atoms. The number of carboxylic acid groups (broad SMARTS) is 1. The molecule has 0 fully saturated rings. The molecule has 1 amide bonds. The molecule has 0 spiro atoms. The normalized spacial score (nSPS) is 12.6. The van der Waals surface area contributed by atoms with Crippen molar-refractivity contribution >= 4 is 45.1 Å². The fourth-order valence-electron chi connectivity index (χ4n) is 2.07. The van der Waals surface area contributed by atoms with Crippen LogP contribution in [0.25, 0.3) is 10.1 Å². The first-order valence-electron chi connectivity index (χ1n) is 6.61. The summed E-state index contributed by atoms with van der Waals surface area (Å²) in [5.74, 6) is -1.43. The molecule has 1 atom stereocenters. The highest BCUT2D eigenvalue weighted by molar-refractivity contribution is 7.20. The first-order valence-corrected chi connectivity index (χ1v) is 7.76. The van der Waals surface area contributed by atoms with E-state index in [9.17, 15) is 14.7 Å². The van der Waals surface area contributed by atoms with Gasteiger partial charge in [0.1, 0.15) is 6.04 Å². The van der Waals surface area contributed by atoms with Crippen LogP contribution in [0.3, 0.4) is 0 Å². The van der Waals surface area contributed by atoms with Gasteiger partial charge in [-0.2, -0.15) is 0 Å². The Morgan fingerprint density at radius 3 is 2.57 bits per heavy atom. The van der Waals surface area contributed by atoms with Crippen LogP contribution in [-0.4, -0.2) is 27.4 Å². The van der Waals surface area contributed by atoms with E-state index in [4.69, 9.17) is 11.8 Å². The summed E-state index contributed by atoms with van der Waals surface area (Å²) in [6, 6.07) is 8.32. The van der Waals surface area contributed by atoms with Crippen molar-refractivity contribution in [3.63, 3.8) is 0 Å². The Labute approximate surface area is 132 Å². The molecular weight excluding hydrogens is 310 g/mol. The first kappa shape index (κ1) is 15.8. The van der Waals surface area contributed by atoms with E-state index >= 15 is 0 Å². The summed E-state index contributed by atoms with van der Waals surface area (Å²) in [5.41, 5.74) is 0. The fraction of sp³-hybridized carbons (Fsp3) is 0.333. The molecular formula is C15H16ClNO3S. The van der Waals surface area contributed by atoms with Gasteiger partial charge in [0, 0.05) is 16.5 Å². The minimum Gasteiger partial charge on any atom is -0.480 e. The monoisotopic (exact) mass is 325 g/mol. The SMILES string of the molecule is CC(C)C[C@@H](C(=O)O)N(Cl)C(=O)c1cc2ccccc2s1. The van der Waals surface area contributed by atoms with E-state index in [1.807, 2.05) is 38.1 Å². The molecule has 2 rings (SSSR count). The number of hydrogen-bond donors (Lipinski definition) is 1. The largest absolute Gasteiger partial charge is 0.480 e. The number of rotatable bonds is 5. The summed E-state index contributed by atoms with van der Waals surface area (Å²) >= 11 is 7.32. The lowest BCUT2D eigenvalue weighted by Gasteiger charge is -2.22. The molecule has 1 heterocycles. The number of benzene rings is 1. The van der Waals surface area contributed by atoms with Gasteiger partial charge in [0.2, 0.25) is 0 Å². The summed E-state index contributed by atoms with van der Waals surface area (Å²) in [4.78, 5) is 24.1. The number of halogens is 1. The van der Waals surface area contributed by atoms with Crippen LogP contribution in [-0.2, 0) is 4.79 Å². The van der Waals surface area contributed by atoms with Gasteiger partial charge >= 0.3 is 5.97 Å². The van der Waals surface area contributed by atoms with E-state index in [-0.39, 0.29) is 5.92 Å². The van der Waals surface area contributed by atoms with Gasteiger partial charge in [-0.15, -0.1) is 11.3 Å². The molecule has 0 aliphatic carbocycles. The van der Waals surface area contributed by atoms with Crippen LogP contribution < -0.4 is 0 Å². The molecule has 2 aromatic rings. The highest BCUT2D eigenvalue weighted by Crippen LogP contribution is 2.28. The minimum atomic E-state index is -1.09. The van der Waals surface area contributed by atoms with Gasteiger partial charge in [-0.25, -0.2) is 9.21 Å². The van der Waals surface area contributed by atoms with E-state index in [1.165, 1.54) is 11.3 Å². The van der Waals surface area contributed by atoms with Crippen LogP contribution in [0, 0.1) is 5.92 Å².